The highest BCUT2D eigenvalue weighted by atomic mass is 32.1. The number of allylic oxidation sites excluding steroid dienone is 1. The summed E-state index contributed by atoms with van der Waals surface area (Å²) in [4.78, 5) is 2.78. The van der Waals surface area contributed by atoms with Gasteiger partial charge >= 0.3 is 0 Å². The average molecular weight is 240 g/mol. The Hall–Kier alpha value is -0.870. The quantitative estimate of drug-likeness (QED) is 0.764. The Morgan fingerprint density at radius 2 is 2.25 bits per heavy atom. The molecular formula is C12H20N2OS. The van der Waals surface area contributed by atoms with Crippen LogP contribution in [-0.4, -0.2) is 22.2 Å². The van der Waals surface area contributed by atoms with Crippen molar-refractivity contribution in [2.45, 2.75) is 46.4 Å². The first-order valence-electron chi connectivity index (χ1n) is 5.67. The second kappa shape index (κ2) is 6.01. The molecule has 1 N–H and O–H groups in total. The Kier molecular flexibility index (Phi) is 4.96. The van der Waals surface area contributed by atoms with Crippen LogP contribution in [0.4, 0.5) is 0 Å². The molecule has 90 valence electrons. The third-order valence-corrected chi connectivity index (χ3v) is 2.82. The van der Waals surface area contributed by atoms with Gasteiger partial charge in [-0.1, -0.05) is 19.1 Å². The molecule has 0 radical (unpaired) electrons. The van der Waals surface area contributed by atoms with Gasteiger partial charge in [-0.2, -0.15) is 0 Å². The van der Waals surface area contributed by atoms with Crippen molar-refractivity contribution in [3.8, 4) is 0 Å². The summed E-state index contributed by atoms with van der Waals surface area (Å²) in [6, 6.07) is 0. The van der Waals surface area contributed by atoms with E-state index < -0.39 is 0 Å². The Labute approximate surface area is 103 Å². The number of rotatable bonds is 4. The molecule has 2 atom stereocenters. The molecule has 0 aromatic carbocycles. The van der Waals surface area contributed by atoms with Gasteiger partial charge in [0.05, 0.1) is 6.10 Å². The topological polar surface area (TPSA) is 24.5 Å². The van der Waals surface area contributed by atoms with Gasteiger partial charge in [-0.3, -0.25) is 0 Å². The molecule has 0 aromatic heterocycles. The lowest BCUT2D eigenvalue weighted by molar-refractivity contribution is -0.0552. The molecule has 0 amide bonds. The number of hydrogen-bond donors (Lipinski definition) is 1. The van der Waals surface area contributed by atoms with Crippen molar-refractivity contribution in [1.82, 2.24) is 10.2 Å². The van der Waals surface area contributed by atoms with Gasteiger partial charge in [-0.15, -0.1) is 0 Å². The van der Waals surface area contributed by atoms with Gasteiger partial charge < -0.3 is 15.0 Å². The van der Waals surface area contributed by atoms with E-state index in [1.165, 1.54) is 0 Å². The minimum atomic E-state index is 0.00741. The van der Waals surface area contributed by atoms with E-state index in [1.807, 2.05) is 37.1 Å². The third-order valence-electron chi connectivity index (χ3n) is 2.59. The summed E-state index contributed by atoms with van der Waals surface area (Å²) in [5, 5.41) is 3.14. The van der Waals surface area contributed by atoms with Crippen LogP contribution in [0.3, 0.4) is 0 Å². The molecule has 1 rings (SSSR count). The molecule has 1 aliphatic heterocycles. The highest BCUT2D eigenvalue weighted by Crippen LogP contribution is 2.15. The van der Waals surface area contributed by atoms with E-state index in [0.717, 1.165) is 17.2 Å². The Bertz CT molecular complexity index is 312. The third kappa shape index (κ3) is 3.32. The van der Waals surface area contributed by atoms with Gasteiger partial charge in [0.25, 0.3) is 0 Å². The van der Waals surface area contributed by atoms with E-state index in [-0.39, 0.29) is 12.3 Å². The lowest BCUT2D eigenvalue weighted by Gasteiger charge is -2.34. The number of nitrogens with zero attached hydrogens (tertiary/aromatic N) is 1. The lowest BCUT2D eigenvalue weighted by Crippen LogP contribution is -2.41. The zero-order chi connectivity index (χ0) is 12.1. The highest BCUT2D eigenvalue weighted by Gasteiger charge is 2.19. The predicted molar refractivity (Wildman–Crippen MR) is 70.8 cm³/mol. The summed E-state index contributed by atoms with van der Waals surface area (Å²) >= 11 is 5.09. The van der Waals surface area contributed by atoms with Gasteiger partial charge in [0, 0.05) is 6.20 Å². The Balaban J connectivity index is 2.70. The first kappa shape index (κ1) is 13.2. The van der Waals surface area contributed by atoms with Crippen LogP contribution in [0, 0.1) is 0 Å². The summed E-state index contributed by atoms with van der Waals surface area (Å²) in [6.45, 7) is 8.22. The molecule has 0 aliphatic carbocycles. The highest BCUT2D eigenvalue weighted by molar-refractivity contribution is 7.80. The Morgan fingerprint density at radius 3 is 2.81 bits per heavy atom. The number of hydrogen-bond acceptors (Lipinski definition) is 3. The maximum absolute atomic E-state index is 5.86. The van der Waals surface area contributed by atoms with E-state index in [1.54, 1.807) is 0 Å². The SMILES string of the molecule is C/C=C1/NC(=S)C=CN1C(C)OC(C)CC. The van der Waals surface area contributed by atoms with E-state index in [9.17, 15) is 0 Å². The number of nitrogens with one attached hydrogen (secondary N) is 1. The van der Waals surface area contributed by atoms with Crippen molar-refractivity contribution in [2.24, 2.45) is 0 Å². The van der Waals surface area contributed by atoms with Crippen LogP contribution in [0.15, 0.2) is 24.2 Å². The van der Waals surface area contributed by atoms with Gasteiger partial charge in [-0.25, -0.2) is 0 Å². The molecule has 0 saturated heterocycles. The zero-order valence-corrected chi connectivity index (χ0v) is 11.2. The van der Waals surface area contributed by atoms with Crippen molar-refractivity contribution < 1.29 is 4.74 Å². The van der Waals surface area contributed by atoms with Crippen LogP contribution in [0.25, 0.3) is 0 Å². The van der Waals surface area contributed by atoms with Gasteiger partial charge in [0.2, 0.25) is 0 Å². The fraction of sp³-hybridized carbons (Fsp3) is 0.583. The summed E-state index contributed by atoms with van der Waals surface area (Å²) in [5.74, 6) is 0.975. The van der Waals surface area contributed by atoms with Gasteiger partial charge in [0.1, 0.15) is 17.0 Å². The second-order valence-corrected chi connectivity index (χ2v) is 4.28. The molecule has 0 bridgehead atoms. The van der Waals surface area contributed by atoms with Crippen molar-refractivity contribution in [3.63, 3.8) is 0 Å². The molecule has 1 heterocycles. The molecule has 0 saturated carbocycles. The molecule has 1 aliphatic rings. The first-order valence-corrected chi connectivity index (χ1v) is 6.08. The maximum Gasteiger partial charge on any atom is 0.132 e. The molecule has 0 fully saturated rings. The summed E-state index contributed by atoms with van der Waals surface area (Å²) in [5.41, 5.74) is 0. The number of ether oxygens (including phenoxy) is 1. The van der Waals surface area contributed by atoms with Crippen LogP contribution < -0.4 is 5.32 Å². The van der Waals surface area contributed by atoms with Crippen LogP contribution in [0.1, 0.15) is 34.1 Å². The van der Waals surface area contributed by atoms with Crippen LogP contribution >= 0.6 is 12.2 Å². The maximum atomic E-state index is 5.86. The largest absolute Gasteiger partial charge is 0.355 e. The predicted octanol–water partition coefficient (Wildman–Crippen LogP) is 2.76. The van der Waals surface area contributed by atoms with Crippen molar-refractivity contribution in [3.05, 3.63) is 24.2 Å². The van der Waals surface area contributed by atoms with Gasteiger partial charge in [0.15, 0.2) is 0 Å². The fourth-order valence-electron chi connectivity index (χ4n) is 1.50. The van der Waals surface area contributed by atoms with Crippen molar-refractivity contribution >= 4 is 17.2 Å². The Morgan fingerprint density at radius 1 is 1.56 bits per heavy atom. The average Bonchev–Trinajstić information content (AvgIpc) is 2.28. The van der Waals surface area contributed by atoms with E-state index in [2.05, 4.69) is 19.2 Å². The monoisotopic (exact) mass is 240 g/mol. The minimum absolute atomic E-state index is 0.00741. The normalized spacial score (nSPS) is 22.1. The number of thiocarbonyl (C=S) groups is 1. The smallest absolute Gasteiger partial charge is 0.132 e. The van der Waals surface area contributed by atoms with Crippen LogP contribution in [-0.2, 0) is 4.74 Å². The summed E-state index contributed by atoms with van der Waals surface area (Å²) < 4.78 is 5.86. The molecule has 2 unspecified atom stereocenters. The molecule has 0 aromatic rings. The van der Waals surface area contributed by atoms with Crippen molar-refractivity contribution in [1.29, 1.82) is 0 Å². The molecule has 3 nitrogen and oxygen atoms in total. The van der Waals surface area contributed by atoms with E-state index in [0.29, 0.717) is 0 Å². The van der Waals surface area contributed by atoms with E-state index in [4.69, 9.17) is 17.0 Å². The van der Waals surface area contributed by atoms with E-state index >= 15 is 0 Å². The molecule has 0 spiro atoms. The van der Waals surface area contributed by atoms with Gasteiger partial charge in [-0.05, 0) is 39.3 Å². The molecule has 4 heteroatoms. The molecular weight excluding hydrogens is 220 g/mol. The molecule has 16 heavy (non-hydrogen) atoms. The summed E-state index contributed by atoms with van der Waals surface area (Å²) in [7, 11) is 0. The lowest BCUT2D eigenvalue weighted by atomic mass is 10.3. The summed E-state index contributed by atoms with van der Waals surface area (Å²) in [6.07, 6.45) is 7.11. The van der Waals surface area contributed by atoms with Crippen LogP contribution in [0.5, 0.6) is 0 Å². The zero-order valence-electron chi connectivity index (χ0n) is 10.4. The second-order valence-electron chi connectivity index (χ2n) is 3.84. The van der Waals surface area contributed by atoms with Crippen molar-refractivity contribution in [2.75, 3.05) is 0 Å². The standard InChI is InChI=1S/C12H20N2OS/c1-5-9(3)15-10(4)14-8-7-12(16)13-11(14)6-2/h6-10H,5H2,1-4H3,(H,13,16)/b11-6-. The minimum Gasteiger partial charge on any atom is -0.355 e. The van der Waals surface area contributed by atoms with Crippen LogP contribution in [0.2, 0.25) is 0 Å². The fourth-order valence-corrected chi connectivity index (χ4v) is 1.66. The first-order chi connectivity index (χ1) is 7.58.